The maximum atomic E-state index is 13.3. The van der Waals surface area contributed by atoms with Crippen LogP contribution in [-0.4, -0.2) is 33.5 Å². The zero-order valence-corrected chi connectivity index (χ0v) is 12.0. The van der Waals surface area contributed by atoms with Gasteiger partial charge in [-0.1, -0.05) is 6.07 Å². The summed E-state index contributed by atoms with van der Waals surface area (Å²) < 4.78 is 20.0. The minimum Gasteiger partial charge on any atom is -0.485 e. The number of carbonyl (C=O) groups excluding carboxylic acids is 1. The van der Waals surface area contributed by atoms with E-state index in [9.17, 15) is 14.0 Å². The highest BCUT2D eigenvalue weighted by Gasteiger charge is 2.24. The van der Waals surface area contributed by atoms with Crippen molar-refractivity contribution < 1.29 is 13.9 Å². The van der Waals surface area contributed by atoms with Gasteiger partial charge in [0.25, 0.3) is 11.5 Å². The van der Waals surface area contributed by atoms with Crippen molar-refractivity contribution in [2.24, 2.45) is 7.05 Å². The van der Waals surface area contributed by atoms with Gasteiger partial charge in [-0.25, -0.2) is 9.37 Å². The van der Waals surface area contributed by atoms with Crippen molar-refractivity contribution >= 4 is 5.91 Å². The fourth-order valence-electron chi connectivity index (χ4n) is 2.30. The van der Waals surface area contributed by atoms with Crippen LogP contribution in [0.15, 0.2) is 35.4 Å². The Bertz CT molecular complexity index is 788. The van der Waals surface area contributed by atoms with Crippen LogP contribution in [-0.2, 0) is 13.6 Å². The second-order valence-electron chi connectivity index (χ2n) is 5.02. The molecule has 0 saturated carbocycles. The molecule has 0 unspecified atom stereocenters. The van der Waals surface area contributed by atoms with E-state index in [0.29, 0.717) is 12.2 Å². The SMILES string of the molecule is Cn1cnc2c(c1=O)OCCN(C(=O)c1cccc(F)c1)C2. The molecule has 0 saturated heterocycles. The fourth-order valence-corrected chi connectivity index (χ4v) is 2.30. The molecule has 1 aliphatic heterocycles. The van der Waals surface area contributed by atoms with Crippen LogP contribution in [0.25, 0.3) is 0 Å². The molecule has 1 aliphatic rings. The van der Waals surface area contributed by atoms with Crippen LogP contribution in [0.2, 0.25) is 0 Å². The van der Waals surface area contributed by atoms with Crippen molar-refractivity contribution in [1.82, 2.24) is 14.5 Å². The summed E-state index contributed by atoms with van der Waals surface area (Å²) in [6, 6.07) is 5.50. The Morgan fingerprint density at radius 1 is 1.41 bits per heavy atom. The van der Waals surface area contributed by atoms with Gasteiger partial charge in [-0.2, -0.15) is 0 Å². The van der Waals surface area contributed by atoms with Gasteiger partial charge in [0.15, 0.2) is 0 Å². The molecule has 1 aromatic heterocycles. The number of ether oxygens (including phenoxy) is 1. The largest absolute Gasteiger partial charge is 0.485 e. The van der Waals surface area contributed by atoms with Gasteiger partial charge in [-0.15, -0.1) is 0 Å². The van der Waals surface area contributed by atoms with Crippen LogP contribution in [0.4, 0.5) is 4.39 Å². The first-order valence-electron chi connectivity index (χ1n) is 6.78. The molecular formula is C15H14FN3O3. The molecule has 22 heavy (non-hydrogen) atoms. The van der Waals surface area contributed by atoms with Crippen LogP contribution < -0.4 is 10.3 Å². The van der Waals surface area contributed by atoms with Crippen molar-refractivity contribution in [2.45, 2.75) is 6.54 Å². The summed E-state index contributed by atoms with van der Waals surface area (Å²) in [7, 11) is 1.58. The molecule has 0 atom stereocenters. The van der Waals surface area contributed by atoms with Crippen molar-refractivity contribution in [3.8, 4) is 5.75 Å². The third-order valence-electron chi connectivity index (χ3n) is 3.47. The highest BCUT2D eigenvalue weighted by molar-refractivity contribution is 5.94. The number of aromatic nitrogens is 2. The maximum absolute atomic E-state index is 13.3. The number of halogens is 1. The summed E-state index contributed by atoms with van der Waals surface area (Å²) in [5.74, 6) is -0.623. The predicted octanol–water partition coefficient (Wildman–Crippen LogP) is 0.954. The highest BCUT2D eigenvalue weighted by Crippen LogP contribution is 2.18. The second-order valence-corrected chi connectivity index (χ2v) is 5.02. The average molecular weight is 303 g/mol. The van der Waals surface area contributed by atoms with Crippen molar-refractivity contribution in [3.63, 3.8) is 0 Å². The first-order chi connectivity index (χ1) is 10.6. The third kappa shape index (κ3) is 2.57. The lowest BCUT2D eigenvalue weighted by Crippen LogP contribution is -2.32. The number of fused-ring (bicyclic) bond motifs is 1. The molecule has 0 spiro atoms. The van der Waals surface area contributed by atoms with Gasteiger partial charge in [0, 0.05) is 12.6 Å². The summed E-state index contributed by atoms with van der Waals surface area (Å²) >= 11 is 0. The number of rotatable bonds is 1. The standard InChI is InChI=1S/C15H14FN3O3/c1-18-9-17-12-8-19(5-6-22-13(12)15(18)21)14(20)10-3-2-4-11(16)7-10/h2-4,7,9H,5-6,8H2,1H3. The van der Waals surface area contributed by atoms with E-state index in [-0.39, 0.29) is 35.9 Å². The summed E-state index contributed by atoms with van der Waals surface area (Å²) in [6.07, 6.45) is 1.39. The number of nitrogens with zero attached hydrogens (tertiary/aromatic N) is 3. The van der Waals surface area contributed by atoms with E-state index >= 15 is 0 Å². The molecule has 114 valence electrons. The normalized spacial score (nSPS) is 14.0. The van der Waals surface area contributed by atoms with Crippen LogP contribution in [0.1, 0.15) is 16.1 Å². The quantitative estimate of drug-likeness (QED) is 0.787. The van der Waals surface area contributed by atoms with Crippen LogP contribution in [0.5, 0.6) is 5.75 Å². The molecule has 2 heterocycles. The molecular weight excluding hydrogens is 289 g/mol. The van der Waals surface area contributed by atoms with Gasteiger partial charge in [0.05, 0.1) is 19.4 Å². The first-order valence-corrected chi connectivity index (χ1v) is 6.78. The van der Waals surface area contributed by atoms with Gasteiger partial charge in [-0.3, -0.25) is 14.2 Å². The number of amides is 1. The summed E-state index contributed by atoms with van der Waals surface area (Å²) in [5, 5.41) is 0. The number of hydrogen-bond donors (Lipinski definition) is 0. The molecule has 0 radical (unpaired) electrons. The lowest BCUT2D eigenvalue weighted by atomic mass is 10.2. The van der Waals surface area contributed by atoms with E-state index in [0.717, 1.165) is 0 Å². The minimum atomic E-state index is -0.468. The Kier molecular flexibility index (Phi) is 3.62. The Hall–Kier alpha value is -2.70. The monoisotopic (exact) mass is 303 g/mol. The second kappa shape index (κ2) is 5.59. The third-order valence-corrected chi connectivity index (χ3v) is 3.47. The Morgan fingerprint density at radius 2 is 2.23 bits per heavy atom. The Balaban J connectivity index is 1.92. The van der Waals surface area contributed by atoms with Gasteiger partial charge in [-0.05, 0) is 18.2 Å². The molecule has 2 aromatic rings. The topological polar surface area (TPSA) is 64.4 Å². The van der Waals surface area contributed by atoms with Crippen molar-refractivity contribution in [1.29, 1.82) is 0 Å². The van der Waals surface area contributed by atoms with E-state index < -0.39 is 5.82 Å². The van der Waals surface area contributed by atoms with Crippen LogP contribution >= 0.6 is 0 Å². The zero-order chi connectivity index (χ0) is 15.7. The first kappa shape index (κ1) is 14.2. The lowest BCUT2D eigenvalue weighted by molar-refractivity contribution is 0.0731. The lowest BCUT2D eigenvalue weighted by Gasteiger charge is -2.19. The molecule has 7 heteroatoms. The fraction of sp³-hybridized carbons (Fsp3) is 0.267. The summed E-state index contributed by atoms with van der Waals surface area (Å²) in [5.41, 5.74) is 0.377. The highest BCUT2D eigenvalue weighted by atomic mass is 19.1. The summed E-state index contributed by atoms with van der Waals surface area (Å²) in [4.78, 5) is 30.1. The zero-order valence-electron chi connectivity index (χ0n) is 12.0. The van der Waals surface area contributed by atoms with Gasteiger partial charge in [0.2, 0.25) is 5.75 Å². The van der Waals surface area contributed by atoms with Crippen LogP contribution in [0, 0.1) is 5.82 Å². The van der Waals surface area contributed by atoms with E-state index in [4.69, 9.17) is 4.74 Å². The van der Waals surface area contributed by atoms with E-state index in [2.05, 4.69) is 4.98 Å². The molecule has 6 nitrogen and oxygen atoms in total. The molecule has 0 aliphatic carbocycles. The smallest absolute Gasteiger partial charge is 0.295 e. The molecule has 0 fully saturated rings. The number of carbonyl (C=O) groups is 1. The van der Waals surface area contributed by atoms with E-state index in [1.165, 1.54) is 34.0 Å². The predicted molar refractivity (Wildman–Crippen MR) is 76.1 cm³/mol. The molecule has 1 aromatic carbocycles. The maximum Gasteiger partial charge on any atom is 0.295 e. The van der Waals surface area contributed by atoms with Gasteiger partial charge >= 0.3 is 0 Å². The Morgan fingerprint density at radius 3 is 3.00 bits per heavy atom. The summed E-state index contributed by atoms with van der Waals surface area (Å²) in [6.45, 7) is 0.643. The average Bonchev–Trinajstić information content (AvgIpc) is 2.73. The molecule has 0 N–H and O–H groups in total. The molecule has 1 amide bonds. The van der Waals surface area contributed by atoms with Crippen molar-refractivity contribution in [3.05, 3.63) is 58.0 Å². The van der Waals surface area contributed by atoms with Crippen molar-refractivity contribution in [2.75, 3.05) is 13.2 Å². The molecule has 3 rings (SSSR count). The number of benzene rings is 1. The minimum absolute atomic E-state index is 0.154. The number of aryl methyl sites for hydroxylation is 1. The molecule has 0 bridgehead atoms. The Labute approximate surface area is 125 Å². The van der Waals surface area contributed by atoms with E-state index in [1.807, 2.05) is 0 Å². The van der Waals surface area contributed by atoms with E-state index in [1.54, 1.807) is 13.1 Å². The number of hydrogen-bond acceptors (Lipinski definition) is 4. The van der Waals surface area contributed by atoms with Gasteiger partial charge in [0.1, 0.15) is 18.1 Å². The van der Waals surface area contributed by atoms with Gasteiger partial charge < -0.3 is 9.64 Å². The van der Waals surface area contributed by atoms with Crippen LogP contribution in [0.3, 0.4) is 0 Å².